The Morgan fingerprint density at radius 1 is 1.04 bits per heavy atom. The molecule has 2 rings (SSSR count). The van der Waals surface area contributed by atoms with Crippen LogP contribution in [0.25, 0.3) is 0 Å². The molecule has 6 nitrogen and oxygen atoms in total. The number of anilines is 1. The average molecular weight is 375 g/mol. The molecule has 2 aromatic rings. The molecule has 0 fully saturated rings. The molecular formula is C19H21NO5S. The fourth-order valence-electron chi connectivity index (χ4n) is 2.40. The highest BCUT2D eigenvalue weighted by molar-refractivity contribution is 7.92. The van der Waals surface area contributed by atoms with Gasteiger partial charge < -0.3 is 4.74 Å². The maximum atomic E-state index is 12.4. The number of ketones is 1. The van der Waals surface area contributed by atoms with Crippen molar-refractivity contribution in [1.29, 1.82) is 0 Å². The number of hydrogen-bond acceptors (Lipinski definition) is 5. The molecule has 2 aromatic carbocycles. The molecule has 0 radical (unpaired) electrons. The van der Waals surface area contributed by atoms with E-state index in [1.165, 1.54) is 31.2 Å². The smallest absolute Gasteiger partial charge is 0.339 e. The van der Waals surface area contributed by atoms with Crippen molar-refractivity contribution in [2.45, 2.75) is 26.9 Å². The van der Waals surface area contributed by atoms with E-state index in [1.54, 1.807) is 12.1 Å². The molecule has 0 saturated heterocycles. The first-order valence-corrected chi connectivity index (χ1v) is 9.87. The van der Waals surface area contributed by atoms with Gasteiger partial charge in [-0.25, -0.2) is 13.2 Å². The summed E-state index contributed by atoms with van der Waals surface area (Å²) in [6.45, 7) is 5.23. The number of esters is 1. The summed E-state index contributed by atoms with van der Waals surface area (Å²) >= 11 is 0. The van der Waals surface area contributed by atoms with Crippen LogP contribution in [0.3, 0.4) is 0 Å². The fourth-order valence-corrected chi connectivity index (χ4v) is 2.97. The van der Waals surface area contributed by atoms with Gasteiger partial charge in [0.2, 0.25) is 15.8 Å². The van der Waals surface area contributed by atoms with Crippen LogP contribution in [-0.2, 0) is 14.8 Å². The van der Waals surface area contributed by atoms with Crippen molar-refractivity contribution < 1.29 is 22.7 Å². The van der Waals surface area contributed by atoms with E-state index < -0.39 is 22.1 Å². The second-order valence-corrected chi connectivity index (χ2v) is 7.86. The first kappa shape index (κ1) is 19.7. The molecule has 138 valence electrons. The SMILES string of the molecule is Cc1cccc(C(=O)O[C@@H](C)C(=O)c2ccc(NS(C)(=O)=O)cc2)c1C. The Balaban J connectivity index is 2.09. The maximum absolute atomic E-state index is 12.4. The quantitative estimate of drug-likeness (QED) is 0.619. The van der Waals surface area contributed by atoms with Crippen LogP contribution in [0.5, 0.6) is 0 Å². The van der Waals surface area contributed by atoms with E-state index in [9.17, 15) is 18.0 Å². The summed E-state index contributed by atoms with van der Waals surface area (Å²) in [5, 5.41) is 0. The van der Waals surface area contributed by atoms with Crippen molar-refractivity contribution in [3.05, 3.63) is 64.7 Å². The van der Waals surface area contributed by atoms with Crippen molar-refractivity contribution in [3.63, 3.8) is 0 Å². The molecule has 0 unspecified atom stereocenters. The van der Waals surface area contributed by atoms with Gasteiger partial charge in [-0.15, -0.1) is 0 Å². The largest absolute Gasteiger partial charge is 0.451 e. The summed E-state index contributed by atoms with van der Waals surface area (Å²) in [6, 6.07) is 11.2. The minimum atomic E-state index is -3.39. The van der Waals surface area contributed by atoms with Gasteiger partial charge in [-0.05, 0) is 62.2 Å². The second-order valence-electron chi connectivity index (χ2n) is 6.11. The summed E-state index contributed by atoms with van der Waals surface area (Å²) in [6.07, 6.45) is 0.0806. The number of nitrogens with one attached hydrogen (secondary N) is 1. The van der Waals surface area contributed by atoms with Gasteiger partial charge in [0, 0.05) is 11.3 Å². The van der Waals surface area contributed by atoms with Gasteiger partial charge in [0.15, 0.2) is 6.10 Å². The molecular weight excluding hydrogens is 354 g/mol. The lowest BCUT2D eigenvalue weighted by molar-refractivity contribution is 0.0318. The number of carbonyl (C=O) groups is 2. The molecule has 0 amide bonds. The Morgan fingerprint density at radius 2 is 1.65 bits per heavy atom. The molecule has 1 atom stereocenters. The summed E-state index contributed by atoms with van der Waals surface area (Å²) < 4.78 is 30.0. The standard InChI is InChI=1S/C19H21NO5S/c1-12-6-5-7-17(13(12)2)19(22)25-14(3)18(21)15-8-10-16(11-9-15)20-26(4,23)24/h5-11,14,20H,1-4H3/t14-/m0/s1. The normalized spacial score (nSPS) is 12.3. The first-order valence-electron chi connectivity index (χ1n) is 7.98. The first-order chi connectivity index (χ1) is 12.1. The zero-order chi connectivity index (χ0) is 19.5. The van der Waals surface area contributed by atoms with Crippen LogP contribution in [0.2, 0.25) is 0 Å². The van der Waals surface area contributed by atoms with Gasteiger partial charge in [-0.3, -0.25) is 9.52 Å². The monoisotopic (exact) mass is 375 g/mol. The van der Waals surface area contributed by atoms with Gasteiger partial charge in [0.1, 0.15) is 0 Å². The topological polar surface area (TPSA) is 89.5 Å². The third-order valence-corrected chi connectivity index (χ3v) is 4.56. The fraction of sp³-hybridized carbons (Fsp3) is 0.263. The number of ether oxygens (including phenoxy) is 1. The predicted octanol–water partition coefficient (Wildman–Crippen LogP) is 3.10. The van der Waals surface area contributed by atoms with E-state index in [4.69, 9.17) is 4.74 Å². The highest BCUT2D eigenvalue weighted by Gasteiger charge is 2.21. The summed E-state index contributed by atoms with van der Waals surface area (Å²) in [4.78, 5) is 24.8. The lowest BCUT2D eigenvalue weighted by Crippen LogP contribution is -2.25. The van der Waals surface area contributed by atoms with E-state index in [0.29, 0.717) is 16.8 Å². The van der Waals surface area contributed by atoms with Crippen LogP contribution in [0, 0.1) is 13.8 Å². The van der Waals surface area contributed by atoms with Crippen LogP contribution in [0.1, 0.15) is 38.8 Å². The maximum Gasteiger partial charge on any atom is 0.339 e. The number of sulfonamides is 1. The molecule has 0 saturated carbocycles. The van der Waals surface area contributed by atoms with E-state index in [-0.39, 0.29) is 5.78 Å². The van der Waals surface area contributed by atoms with Gasteiger partial charge in [0.25, 0.3) is 0 Å². The van der Waals surface area contributed by atoms with Crippen LogP contribution in [-0.4, -0.2) is 32.5 Å². The third-order valence-electron chi connectivity index (χ3n) is 3.95. The zero-order valence-corrected chi connectivity index (χ0v) is 15.9. The lowest BCUT2D eigenvalue weighted by Gasteiger charge is -2.14. The number of Topliss-reactive ketones (excluding diaryl/α,β-unsaturated/α-hetero) is 1. The Kier molecular flexibility index (Phi) is 5.82. The molecule has 0 spiro atoms. The molecule has 0 aliphatic heterocycles. The minimum Gasteiger partial charge on any atom is -0.451 e. The van der Waals surface area contributed by atoms with Gasteiger partial charge in [-0.1, -0.05) is 12.1 Å². The van der Waals surface area contributed by atoms with Gasteiger partial charge in [0.05, 0.1) is 11.8 Å². The molecule has 0 heterocycles. The molecule has 0 aliphatic carbocycles. The molecule has 7 heteroatoms. The minimum absolute atomic E-state index is 0.324. The van der Waals surface area contributed by atoms with Crippen LogP contribution in [0.15, 0.2) is 42.5 Å². The van der Waals surface area contributed by atoms with Crippen LogP contribution < -0.4 is 4.72 Å². The Bertz CT molecular complexity index is 933. The van der Waals surface area contributed by atoms with Crippen molar-refractivity contribution in [2.75, 3.05) is 11.0 Å². The van der Waals surface area contributed by atoms with Crippen LogP contribution in [0.4, 0.5) is 5.69 Å². The van der Waals surface area contributed by atoms with Crippen molar-refractivity contribution in [1.82, 2.24) is 0 Å². The van der Waals surface area contributed by atoms with Gasteiger partial charge in [-0.2, -0.15) is 0 Å². The number of rotatable bonds is 6. The zero-order valence-electron chi connectivity index (χ0n) is 15.1. The highest BCUT2D eigenvalue weighted by atomic mass is 32.2. The second kappa shape index (κ2) is 7.70. The number of aryl methyl sites for hydroxylation is 1. The number of hydrogen-bond donors (Lipinski definition) is 1. The van der Waals surface area contributed by atoms with Crippen molar-refractivity contribution in [2.24, 2.45) is 0 Å². The molecule has 26 heavy (non-hydrogen) atoms. The molecule has 1 N–H and O–H groups in total. The average Bonchev–Trinajstić information content (AvgIpc) is 2.55. The van der Waals surface area contributed by atoms with E-state index >= 15 is 0 Å². The highest BCUT2D eigenvalue weighted by Crippen LogP contribution is 2.17. The summed E-state index contributed by atoms with van der Waals surface area (Å²) in [5.74, 6) is -0.919. The van der Waals surface area contributed by atoms with E-state index in [0.717, 1.165) is 17.4 Å². The molecule has 0 bridgehead atoms. The third kappa shape index (κ3) is 4.92. The van der Waals surface area contributed by atoms with Crippen molar-refractivity contribution >= 4 is 27.5 Å². The number of carbonyl (C=O) groups excluding carboxylic acids is 2. The Morgan fingerprint density at radius 3 is 2.23 bits per heavy atom. The number of benzene rings is 2. The van der Waals surface area contributed by atoms with Crippen LogP contribution >= 0.6 is 0 Å². The van der Waals surface area contributed by atoms with E-state index in [1.807, 2.05) is 19.9 Å². The summed E-state index contributed by atoms with van der Waals surface area (Å²) in [7, 11) is -3.39. The Hall–Kier alpha value is -2.67. The Labute approximate surface area is 153 Å². The lowest BCUT2D eigenvalue weighted by atomic mass is 10.0. The molecule has 0 aromatic heterocycles. The summed E-state index contributed by atoms with van der Waals surface area (Å²) in [5.41, 5.74) is 2.88. The molecule has 0 aliphatic rings. The van der Waals surface area contributed by atoms with Gasteiger partial charge >= 0.3 is 5.97 Å². The van der Waals surface area contributed by atoms with Crippen molar-refractivity contribution in [3.8, 4) is 0 Å². The predicted molar refractivity (Wildman–Crippen MR) is 100 cm³/mol. The van der Waals surface area contributed by atoms with E-state index in [2.05, 4.69) is 4.72 Å².